The molecule has 2 aromatic rings. The fourth-order valence-corrected chi connectivity index (χ4v) is 1.58. The molecule has 0 bridgehead atoms. The zero-order valence-electron chi connectivity index (χ0n) is 8.92. The van der Waals surface area contributed by atoms with E-state index < -0.39 is 0 Å². The summed E-state index contributed by atoms with van der Waals surface area (Å²) in [5.41, 5.74) is 7.64. The van der Waals surface area contributed by atoms with Crippen molar-refractivity contribution < 1.29 is 0 Å². The van der Waals surface area contributed by atoms with E-state index in [4.69, 9.17) is 5.73 Å². The van der Waals surface area contributed by atoms with Crippen LogP contribution in [0, 0.1) is 11.8 Å². The number of aryl methyl sites for hydroxylation is 1. The molecular formula is C11H12N4O. The van der Waals surface area contributed by atoms with Crippen molar-refractivity contribution in [1.29, 1.82) is 0 Å². The topological polar surface area (TPSA) is 73.3 Å². The largest absolute Gasteiger partial charge is 0.382 e. The molecule has 0 saturated carbocycles. The molecule has 0 radical (unpaired) electrons. The Morgan fingerprint density at radius 3 is 2.62 bits per heavy atom. The summed E-state index contributed by atoms with van der Waals surface area (Å²) in [6, 6.07) is 9.79. The maximum atomic E-state index is 10.5. The third kappa shape index (κ3) is 1.79. The van der Waals surface area contributed by atoms with Crippen LogP contribution < -0.4 is 5.73 Å². The maximum absolute atomic E-state index is 10.5. The fraction of sp³-hybridized carbons (Fsp3) is 0.182. The highest BCUT2D eigenvalue weighted by Crippen LogP contribution is 2.26. The predicted octanol–water partition coefficient (Wildman–Crippen LogP) is 2.22. The number of rotatable bonds is 3. The Morgan fingerprint density at radius 2 is 2.06 bits per heavy atom. The zero-order chi connectivity index (χ0) is 11.5. The summed E-state index contributed by atoms with van der Waals surface area (Å²) in [5, 5.41) is 7.05. The molecule has 82 valence electrons. The van der Waals surface area contributed by atoms with Crippen molar-refractivity contribution in [2.45, 2.75) is 13.5 Å². The van der Waals surface area contributed by atoms with Gasteiger partial charge in [-0.3, -0.25) is 0 Å². The summed E-state index contributed by atoms with van der Waals surface area (Å²) in [4.78, 5) is 10.5. The van der Waals surface area contributed by atoms with E-state index >= 15 is 0 Å². The van der Waals surface area contributed by atoms with Crippen molar-refractivity contribution >= 4 is 11.5 Å². The van der Waals surface area contributed by atoms with E-state index in [2.05, 4.69) is 10.3 Å². The molecule has 1 aromatic heterocycles. The molecule has 5 nitrogen and oxygen atoms in total. The number of nitrogens with zero attached hydrogens (tertiary/aromatic N) is 3. The van der Waals surface area contributed by atoms with Crippen molar-refractivity contribution in [1.82, 2.24) is 9.78 Å². The first-order valence-corrected chi connectivity index (χ1v) is 4.92. The number of aromatic nitrogens is 2. The lowest BCUT2D eigenvalue weighted by atomic mass is 10.2. The number of nitrogens with two attached hydrogens (primary N) is 1. The van der Waals surface area contributed by atoms with Gasteiger partial charge >= 0.3 is 0 Å². The lowest BCUT2D eigenvalue weighted by Crippen LogP contribution is -2.05. The van der Waals surface area contributed by atoms with Crippen LogP contribution in [0.3, 0.4) is 0 Å². The van der Waals surface area contributed by atoms with Gasteiger partial charge in [0.2, 0.25) is 0 Å². The van der Waals surface area contributed by atoms with Crippen LogP contribution in [-0.2, 0) is 6.54 Å². The first-order valence-electron chi connectivity index (χ1n) is 4.92. The number of hydrogen-bond donors (Lipinski definition) is 1. The van der Waals surface area contributed by atoms with Gasteiger partial charge in [0, 0.05) is 0 Å². The molecule has 0 unspecified atom stereocenters. The van der Waals surface area contributed by atoms with Crippen LogP contribution in [0.4, 0.5) is 11.5 Å². The molecule has 2 rings (SSSR count). The summed E-state index contributed by atoms with van der Waals surface area (Å²) in [5.74, 6) is 0.316. The smallest absolute Gasteiger partial charge is 0.172 e. The third-order valence-corrected chi connectivity index (χ3v) is 2.40. The minimum Gasteiger partial charge on any atom is -0.382 e. The van der Waals surface area contributed by atoms with E-state index in [1.165, 1.54) is 0 Å². The Balaban J connectivity index is 2.32. The van der Waals surface area contributed by atoms with Gasteiger partial charge in [-0.1, -0.05) is 30.3 Å². The van der Waals surface area contributed by atoms with Crippen LogP contribution in [0.25, 0.3) is 0 Å². The summed E-state index contributed by atoms with van der Waals surface area (Å²) < 4.78 is 1.58. The number of hydrogen-bond acceptors (Lipinski definition) is 4. The average molecular weight is 216 g/mol. The van der Waals surface area contributed by atoms with E-state index in [0.29, 0.717) is 18.1 Å². The molecular weight excluding hydrogens is 204 g/mol. The van der Waals surface area contributed by atoms with Gasteiger partial charge in [-0.15, -0.1) is 4.91 Å². The van der Waals surface area contributed by atoms with Crippen molar-refractivity contribution in [2.75, 3.05) is 5.73 Å². The molecule has 5 heteroatoms. The Hall–Kier alpha value is -2.17. The molecule has 1 heterocycles. The van der Waals surface area contributed by atoms with Gasteiger partial charge in [-0.2, -0.15) is 5.10 Å². The van der Waals surface area contributed by atoms with E-state index in [0.717, 1.165) is 5.56 Å². The van der Waals surface area contributed by atoms with Crippen LogP contribution in [0.1, 0.15) is 11.3 Å². The number of benzene rings is 1. The molecule has 0 amide bonds. The van der Waals surface area contributed by atoms with E-state index in [9.17, 15) is 4.91 Å². The van der Waals surface area contributed by atoms with Gasteiger partial charge in [-0.05, 0) is 17.7 Å². The molecule has 0 aliphatic carbocycles. The predicted molar refractivity (Wildman–Crippen MR) is 62.4 cm³/mol. The van der Waals surface area contributed by atoms with Crippen molar-refractivity contribution in [3.8, 4) is 0 Å². The molecule has 0 saturated heterocycles. The Kier molecular flexibility index (Phi) is 2.68. The van der Waals surface area contributed by atoms with E-state index in [-0.39, 0.29) is 5.69 Å². The molecule has 0 fully saturated rings. The van der Waals surface area contributed by atoms with Crippen LogP contribution in [0.15, 0.2) is 35.5 Å². The third-order valence-electron chi connectivity index (χ3n) is 2.40. The normalized spacial score (nSPS) is 10.3. The Bertz CT molecular complexity index is 504. The molecule has 0 aliphatic heterocycles. The molecule has 16 heavy (non-hydrogen) atoms. The molecule has 0 aliphatic rings. The van der Waals surface area contributed by atoms with Crippen LogP contribution in [-0.4, -0.2) is 9.78 Å². The lowest BCUT2D eigenvalue weighted by molar-refractivity contribution is 0.689. The second kappa shape index (κ2) is 4.14. The highest BCUT2D eigenvalue weighted by molar-refractivity contribution is 5.61. The van der Waals surface area contributed by atoms with Crippen LogP contribution in [0.5, 0.6) is 0 Å². The summed E-state index contributed by atoms with van der Waals surface area (Å²) in [6.45, 7) is 2.26. The van der Waals surface area contributed by atoms with E-state index in [1.807, 2.05) is 30.3 Å². The SMILES string of the molecule is Cc1nn(Cc2ccccc2)c(N)c1N=O. The Labute approximate surface area is 92.9 Å². The van der Waals surface area contributed by atoms with Crippen molar-refractivity contribution in [3.05, 3.63) is 46.5 Å². The van der Waals surface area contributed by atoms with Gasteiger partial charge in [0.25, 0.3) is 0 Å². The fourth-order valence-electron chi connectivity index (χ4n) is 1.58. The quantitative estimate of drug-likeness (QED) is 0.799. The van der Waals surface area contributed by atoms with Gasteiger partial charge in [0.15, 0.2) is 11.5 Å². The van der Waals surface area contributed by atoms with Crippen molar-refractivity contribution in [2.24, 2.45) is 5.18 Å². The van der Waals surface area contributed by atoms with Gasteiger partial charge < -0.3 is 5.73 Å². The monoisotopic (exact) mass is 216 g/mol. The van der Waals surface area contributed by atoms with Crippen LogP contribution >= 0.6 is 0 Å². The number of nitrogen functional groups attached to an aromatic ring is 1. The second-order valence-electron chi connectivity index (χ2n) is 3.55. The van der Waals surface area contributed by atoms with Gasteiger partial charge in [0.05, 0.1) is 12.2 Å². The molecule has 0 spiro atoms. The van der Waals surface area contributed by atoms with E-state index in [1.54, 1.807) is 11.6 Å². The zero-order valence-corrected chi connectivity index (χ0v) is 8.92. The van der Waals surface area contributed by atoms with Gasteiger partial charge in [-0.25, -0.2) is 4.68 Å². The highest BCUT2D eigenvalue weighted by atomic mass is 16.3. The highest BCUT2D eigenvalue weighted by Gasteiger charge is 2.12. The minimum atomic E-state index is 0.232. The number of nitroso groups, excluding NO2 is 1. The summed E-state index contributed by atoms with van der Waals surface area (Å²) in [6.07, 6.45) is 0. The summed E-state index contributed by atoms with van der Waals surface area (Å²) >= 11 is 0. The molecule has 1 aromatic carbocycles. The van der Waals surface area contributed by atoms with Gasteiger partial charge in [0.1, 0.15) is 0 Å². The standard InChI is InChI=1S/C11H12N4O/c1-8-10(14-16)11(12)15(13-8)7-9-5-3-2-4-6-9/h2-6H,7,12H2,1H3. The first-order chi connectivity index (χ1) is 7.72. The molecule has 2 N–H and O–H groups in total. The number of anilines is 1. The maximum Gasteiger partial charge on any atom is 0.172 e. The first kappa shape index (κ1) is 10.4. The average Bonchev–Trinajstić information content (AvgIpc) is 2.55. The summed E-state index contributed by atoms with van der Waals surface area (Å²) in [7, 11) is 0. The second-order valence-corrected chi connectivity index (χ2v) is 3.55. The Morgan fingerprint density at radius 1 is 1.38 bits per heavy atom. The van der Waals surface area contributed by atoms with Crippen molar-refractivity contribution in [3.63, 3.8) is 0 Å². The lowest BCUT2D eigenvalue weighted by Gasteiger charge is -2.03. The van der Waals surface area contributed by atoms with Crippen LogP contribution in [0.2, 0.25) is 0 Å². The minimum absolute atomic E-state index is 0.232. The molecule has 0 atom stereocenters.